The lowest BCUT2D eigenvalue weighted by molar-refractivity contribution is -0.137. The second-order valence-corrected chi connectivity index (χ2v) is 4.84. The minimum Gasteiger partial charge on any atom is -0.381 e. The maximum Gasteiger partial charge on any atom is 0.418 e. The molecule has 1 saturated carbocycles. The number of hydrogen-bond acceptors (Lipinski definition) is 2. The van der Waals surface area contributed by atoms with Gasteiger partial charge in [0.15, 0.2) is 0 Å². The molecule has 3 rings (SSSR count). The van der Waals surface area contributed by atoms with E-state index in [1.165, 1.54) is 6.07 Å². The molecular formula is C12H13F3N2. The van der Waals surface area contributed by atoms with Crippen molar-refractivity contribution in [3.05, 3.63) is 23.8 Å². The fourth-order valence-corrected chi connectivity index (χ4v) is 2.58. The first kappa shape index (κ1) is 10.7. The van der Waals surface area contributed by atoms with Crippen molar-refractivity contribution in [3.8, 4) is 0 Å². The van der Waals surface area contributed by atoms with Crippen molar-refractivity contribution >= 4 is 11.4 Å². The van der Waals surface area contributed by atoms with Crippen LogP contribution in [0.2, 0.25) is 0 Å². The Kier molecular flexibility index (Phi) is 2.09. The van der Waals surface area contributed by atoms with Gasteiger partial charge in [-0.15, -0.1) is 0 Å². The second kappa shape index (κ2) is 3.31. The third-order valence-corrected chi connectivity index (χ3v) is 3.68. The van der Waals surface area contributed by atoms with Crippen molar-refractivity contribution in [2.24, 2.45) is 0 Å². The van der Waals surface area contributed by atoms with Crippen LogP contribution in [0.1, 0.15) is 24.8 Å². The van der Waals surface area contributed by atoms with Crippen LogP contribution in [-0.2, 0) is 6.18 Å². The Morgan fingerprint density at radius 3 is 2.53 bits per heavy atom. The van der Waals surface area contributed by atoms with Gasteiger partial charge in [-0.25, -0.2) is 0 Å². The van der Waals surface area contributed by atoms with E-state index in [9.17, 15) is 13.2 Å². The van der Waals surface area contributed by atoms with Crippen LogP contribution in [0.5, 0.6) is 0 Å². The van der Waals surface area contributed by atoms with Crippen molar-refractivity contribution in [3.63, 3.8) is 0 Å². The van der Waals surface area contributed by atoms with Gasteiger partial charge < -0.3 is 10.6 Å². The average molecular weight is 242 g/mol. The number of rotatable bonds is 0. The fraction of sp³-hybridized carbons (Fsp3) is 0.500. The van der Waals surface area contributed by atoms with E-state index in [4.69, 9.17) is 0 Å². The molecule has 92 valence electrons. The number of anilines is 2. The molecule has 1 spiro atoms. The zero-order chi connectivity index (χ0) is 12.1. The van der Waals surface area contributed by atoms with Gasteiger partial charge in [-0.05, 0) is 31.4 Å². The van der Waals surface area contributed by atoms with Gasteiger partial charge in [0.25, 0.3) is 0 Å². The summed E-state index contributed by atoms with van der Waals surface area (Å²) < 4.78 is 38.4. The molecule has 5 heteroatoms. The Labute approximate surface area is 97.2 Å². The van der Waals surface area contributed by atoms with Crippen molar-refractivity contribution in [2.45, 2.75) is 31.0 Å². The van der Waals surface area contributed by atoms with E-state index in [0.29, 0.717) is 12.2 Å². The smallest absolute Gasteiger partial charge is 0.381 e. The summed E-state index contributed by atoms with van der Waals surface area (Å²) in [6.45, 7) is 0.576. The number of para-hydroxylation sites is 1. The molecule has 2 aliphatic rings. The Morgan fingerprint density at radius 1 is 1.18 bits per heavy atom. The molecule has 1 heterocycles. The molecule has 0 saturated heterocycles. The van der Waals surface area contributed by atoms with Crippen molar-refractivity contribution in [2.75, 3.05) is 17.2 Å². The van der Waals surface area contributed by atoms with Crippen molar-refractivity contribution in [1.29, 1.82) is 0 Å². The first-order valence-electron chi connectivity index (χ1n) is 5.73. The summed E-state index contributed by atoms with van der Waals surface area (Å²) in [6.07, 6.45) is -1.11. The van der Waals surface area contributed by atoms with Crippen LogP contribution < -0.4 is 10.6 Å². The molecule has 1 aromatic carbocycles. The van der Waals surface area contributed by atoms with Gasteiger partial charge >= 0.3 is 6.18 Å². The topological polar surface area (TPSA) is 24.1 Å². The van der Waals surface area contributed by atoms with Crippen LogP contribution in [-0.4, -0.2) is 12.1 Å². The van der Waals surface area contributed by atoms with Gasteiger partial charge in [-0.2, -0.15) is 13.2 Å². The molecule has 0 amide bonds. The molecule has 1 aliphatic carbocycles. The van der Waals surface area contributed by atoms with E-state index in [-0.39, 0.29) is 11.2 Å². The maximum absolute atomic E-state index is 12.8. The van der Waals surface area contributed by atoms with Gasteiger partial charge in [-0.3, -0.25) is 0 Å². The largest absolute Gasteiger partial charge is 0.418 e. The quantitative estimate of drug-likeness (QED) is 0.728. The van der Waals surface area contributed by atoms with Gasteiger partial charge in [0.05, 0.1) is 22.5 Å². The summed E-state index contributed by atoms with van der Waals surface area (Å²) >= 11 is 0. The molecule has 0 atom stereocenters. The number of hydrogen-bond donors (Lipinski definition) is 2. The molecule has 0 unspecified atom stereocenters. The zero-order valence-electron chi connectivity index (χ0n) is 9.19. The molecule has 2 nitrogen and oxygen atoms in total. The highest BCUT2D eigenvalue weighted by molar-refractivity contribution is 5.76. The lowest BCUT2D eigenvalue weighted by Crippen LogP contribution is -2.53. The summed E-state index contributed by atoms with van der Waals surface area (Å²) in [7, 11) is 0. The van der Waals surface area contributed by atoms with E-state index in [2.05, 4.69) is 10.6 Å². The monoisotopic (exact) mass is 242 g/mol. The maximum atomic E-state index is 12.8. The third kappa shape index (κ3) is 1.64. The predicted octanol–water partition coefficient (Wildman–Crippen LogP) is 3.47. The first-order chi connectivity index (χ1) is 8.00. The summed E-state index contributed by atoms with van der Waals surface area (Å²) in [4.78, 5) is 0. The number of alkyl halides is 3. The summed E-state index contributed by atoms with van der Waals surface area (Å²) in [5.74, 6) is 0. The summed E-state index contributed by atoms with van der Waals surface area (Å²) in [6, 6.07) is 4.27. The minimum atomic E-state index is -4.30. The van der Waals surface area contributed by atoms with Gasteiger partial charge in [0.1, 0.15) is 0 Å². The second-order valence-electron chi connectivity index (χ2n) is 4.84. The average Bonchev–Trinajstić information content (AvgIpc) is 2.24. The zero-order valence-corrected chi connectivity index (χ0v) is 9.19. The summed E-state index contributed by atoms with van der Waals surface area (Å²) in [5, 5.41) is 6.21. The molecular weight excluding hydrogens is 229 g/mol. The van der Waals surface area contributed by atoms with Gasteiger partial charge in [0, 0.05) is 6.54 Å². The lowest BCUT2D eigenvalue weighted by Gasteiger charge is -2.47. The highest BCUT2D eigenvalue weighted by Gasteiger charge is 2.42. The van der Waals surface area contributed by atoms with Crippen LogP contribution in [0, 0.1) is 0 Å². The Bertz CT molecular complexity index is 450. The molecule has 2 N–H and O–H groups in total. The lowest BCUT2D eigenvalue weighted by atomic mass is 9.75. The van der Waals surface area contributed by atoms with Gasteiger partial charge in [0.2, 0.25) is 0 Å². The Hall–Kier alpha value is -1.39. The van der Waals surface area contributed by atoms with E-state index in [1.54, 1.807) is 6.07 Å². The standard InChI is InChI=1S/C12H13F3N2/c13-12(14,15)8-3-1-4-9-10(8)16-7-11(17-9)5-2-6-11/h1,3-4,16-17H,2,5-7H2. The number of halogens is 3. The normalized spacial score (nSPS) is 21.1. The van der Waals surface area contributed by atoms with Crippen LogP contribution in [0.3, 0.4) is 0 Å². The fourth-order valence-electron chi connectivity index (χ4n) is 2.58. The van der Waals surface area contributed by atoms with E-state index in [1.807, 2.05) is 0 Å². The van der Waals surface area contributed by atoms with Crippen LogP contribution >= 0.6 is 0 Å². The Balaban J connectivity index is 2.00. The van der Waals surface area contributed by atoms with Crippen molar-refractivity contribution in [1.82, 2.24) is 0 Å². The molecule has 0 bridgehead atoms. The molecule has 1 aromatic rings. The third-order valence-electron chi connectivity index (χ3n) is 3.68. The molecule has 1 fully saturated rings. The highest BCUT2D eigenvalue weighted by atomic mass is 19.4. The number of benzene rings is 1. The van der Waals surface area contributed by atoms with Crippen LogP contribution in [0.15, 0.2) is 18.2 Å². The van der Waals surface area contributed by atoms with E-state index >= 15 is 0 Å². The van der Waals surface area contributed by atoms with Crippen LogP contribution in [0.4, 0.5) is 24.5 Å². The van der Waals surface area contributed by atoms with Crippen molar-refractivity contribution < 1.29 is 13.2 Å². The molecule has 0 aromatic heterocycles. The SMILES string of the molecule is FC(F)(F)c1cccc2c1NCC1(CCC1)N2. The first-order valence-corrected chi connectivity index (χ1v) is 5.73. The predicted molar refractivity (Wildman–Crippen MR) is 60.1 cm³/mol. The van der Waals surface area contributed by atoms with E-state index < -0.39 is 11.7 Å². The van der Waals surface area contributed by atoms with E-state index in [0.717, 1.165) is 25.3 Å². The number of nitrogens with one attached hydrogen (secondary N) is 2. The van der Waals surface area contributed by atoms with Crippen LogP contribution in [0.25, 0.3) is 0 Å². The molecule has 1 aliphatic heterocycles. The highest BCUT2D eigenvalue weighted by Crippen LogP contribution is 2.45. The summed E-state index contributed by atoms with van der Waals surface area (Å²) in [5.41, 5.74) is 0.164. The molecule has 0 radical (unpaired) electrons. The Morgan fingerprint density at radius 2 is 1.94 bits per heavy atom. The minimum absolute atomic E-state index is 0.0166. The molecule has 17 heavy (non-hydrogen) atoms. The van der Waals surface area contributed by atoms with Gasteiger partial charge in [-0.1, -0.05) is 6.07 Å². The number of fused-ring (bicyclic) bond motifs is 1.